The summed E-state index contributed by atoms with van der Waals surface area (Å²) in [5.41, 5.74) is -0.426. The smallest absolute Gasteiger partial charge is 0.323 e. The second kappa shape index (κ2) is 9.82. The Morgan fingerprint density at radius 3 is 2.27 bits per heavy atom. The van der Waals surface area contributed by atoms with Crippen molar-refractivity contribution in [1.29, 1.82) is 0 Å². The van der Waals surface area contributed by atoms with E-state index in [0.29, 0.717) is 13.1 Å². The maximum Gasteiger partial charge on any atom is 0.323 e. The normalized spacial score (nSPS) is 26.6. The fraction of sp³-hybridized carbons (Fsp3) is 0.882. The molecule has 1 heterocycles. The number of nitrogens with one attached hydrogen (secondary N) is 2. The van der Waals surface area contributed by atoms with E-state index < -0.39 is 11.6 Å². The Kier molecular flexibility index (Phi) is 8.46. The molecule has 0 spiro atoms. The lowest BCUT2D eigenvalue weighted by Crippen LogP contribution is -2.44. The lowest BCUT2D eigenvalue weighted by molar-refractivity contribution is -0.159. The van der Waals surface area contributed by atoms with Crippen LogP contribution in [0.4, 0.5) is 0 Å². The average Bonchev–Trinajstić information content (AvgIpc) is 2.44. The Labute approximate surface area is 134 Å². The van der Waals surface area contributed by atoms with Crippen molar-refractivity contribution in [3.63, 3.8) is 0 Å². The van der Waals surface area contributed by atoms with Crippen LogP contribution in [0.5, 0.6) is 0 Å². The topological polar surface area (TPSA) is 67.4 Å². The van der Waals surface area contributed by atoms with Gasteiger partial charge in [-0.15, -0.1) is 0 Å². The summed E-state index contributed by atoms with van der Waals surface area (Å²) in [4.78, 5) is 23.7. The van der Waals surface area contributed by atoms with Crippen molar-refractivity contribution >= 4 is 11.9 Å². The standard InChI is InChI=1S/C17H32N2O3/c1-14-16(21)22-17(2,3)12-10-8-6-4-5-7-9-11-15(20)19-13-18-14/h14,18H,4-13H2,1-3H3,(H,19,20). The largest absolute Gasteiger partial charge is 0.459 e. The molecule has 5 heteroatoms. The number of rotatable bonds is 0. The van der Waals surface area contributed by atoms with Gasteiger partial charge in [0.15, 0.2) is 0 Å². The van der Waals surface area contributed by atoms with E-state index in [2.05, 4.69) is 10.6 Å². The molecule has 0 saturated carbocycles. The van der Waals surface area contributed by atoms with Crippen molar-refractivity contribution in [2.45, 2.75) is 90.2 Å². The predicted octanol–water partition coefficient (Wildman–Crippen LogP) is 2.88. The zero-order valence-corrected chi connectivity index (χ0v) is 14.4. The number of carbonyl (C=O) groups excluding carboxylic acids is 2. The maximum absolute atomic E-state index is 12.1. The van der Waals surface area contributed by atoms with E-state index in [0.717, 1.165) is 25.7 Å². The Morgan fingerprint density at radius 1 is 1.00 bits per heavy atom. The third-order valence-corrected chi connectivity index (χ3v) is 4.11. The summed E-state index contributed by atoms with van der Waals surface area (Å²) in [6.45, 7) is 6.00. The van der Waals surface area contributed by atoms with Crippen LogP contribution in [0, 0.1) is 0 Å². The molecule has 1 unspecified atom stereocenters. The lowest BCUT2D eigenvalue weighted by Gasteiger charge is -2.27. The quantitative estimate of drug-likeness (QED) is 0.675. The van der Waals surface area contributed by atoms with Crippen LogP contribution in [0.25, 0.3) is 0 Å². The number of carbonyl (C=O) groups is 2. The van der Waals surface area contributed by atoms with Gasteiger partial charge in [-0.3, -0.25) is 14.9 Å². The van der Waals surface area contributed by atoms with E-state index in [4.69, 9.17) is 4.74 Å². The van der Waals surface area contributed by atoms with Crippen LogP contribution in [0.2, 0.25) is 0 Å². The summed E-state index contributed by atoms with van der Waals surface area (Å²) >= 11 is 0. The third kappa shape index (κ3) is 8.37. The highest BCUT2D eigenvalue weighted by Gasteiger charge is 2.25. The van der Waals surface area contributed by atoms with E-state index in [1.807, 2.05) is 13.8 Å². The first-order chi connectivity index (χ1) is 10.4. The van der Waals surface area contributed by atoms with Crippen LogP contribution in [-0.4, -0.2) is 30.2 Å². The van der Waals surface area contributed by atoms with Gasteiger partial charge in [0.1, 0.15) is 11.6 Å². The van der Waals surface area contributed by atoms with Gasteiger partial charge in [-0.2, -0.15) is 0 Å². The first-order valence-electron chi connectivity index (χ1n) is 8.64. The lowest BCUT2D eigenvalue weighted by atomic mass is 9.99. The molecule has 1 aliphatic heterocycles. The number of amides is 1. The van der Waals surface area contributed by atoms with Crippen molar-refractivity contribution < 1.29 is 14.3 Å². The molecule has 0 aromatic carbocycles. The molecule has 1 rings (SSSR count). The molecule has 128 valence electrons. The van der Waals surface area contributed by atoms with Crippen LogP contribution in [0.15, 0.2) is 0 Å². The Morgan fingerprint density at radius 2 is 1.59 bits per heavy atom. The summed E-state index contributed by atoms with van der Waals surface area (Å²) < 4.78 is 5.59. The van der Waals surface area contributed by atoms with Gasteiger partial charge in [-0.05, 0) is 40.0 Å². The minimum atomic E-state index is -0.426. The van der Waals surface area contributed by atoms with Crippen molar-refractivity contribution in [2.75, 3.05) is 6.67 Å². The first-order valence-corrected chi connectivity index (χ1v) is 8.64. The van der Waals surface area contributed by atoms with E-state index in [1.165, 1.54) is 25.7 Å². The van der Waals surface area contributed by atoms with Gasteiger partial charge >= 0.3 is 5.97 Å². The average molecular weight is 312 g/mol. The number of cyclic esters (lactones) is 1. The minimum absolute atomic E-state index is 0.0395. The third-order valence-electron chi connectivity index (χ3n) is 4.11. The molecule has 0 bridgehead atoms. The second-order valence-electron chi connectivity index (χ2n) is 6.86. The van der Waals surface area contributed by atoms with Crippen LogP contribution in [0.3, 0.4) is 0 Å². The molecule has 0 aliphatic carbocycles. The van der Waals surface area contributed by atoms with E-state index in [1.54, 1.807) is 6.92 Å². The molecule has 1 saturated heterocycles. The van der Waals surface area contributed by atoms with Gasteiger partial charge in [0.05, 0.1) is 6.67 Å². The fourth-order valence-corrected chi connectivity index (χ4v) is 2.61. The van der Waals surface area contributed by atoms with E-state index >= 15 is 0 Å². The Bertz CT molecular complexity index is 356. The first kappa shape index (κ1) is 18.9. The second-order valence-corrected chi connectivity index (χ2v) is 6.86. The van der Waals surface area contributed by atoms with Crippen LogP contribution < -0.4 is 10.6 Å². The predicted molar refractivity (Wildman–Crippen MR) is 87.3 cm³/mol. The summed E-state index contributed by atoms with van der Waals surface area (Å²) in [6, 6.07) is -0.421. The highest BCUT2D eigenvalue weighted by molar-refractivity contribution is 5.77. The highest BCUT2D eigenvalue weighted by Crippen LogP contribution is 2.20. The van der Waals surface area contributed by atoms with Gasteiger partial charge in [0.25, 0.3) is 0 Å². The monoisotopic (exact) mass is 312 g/mol. The number of hydrogen-bond donors (Lipinski definition) is 2. The number of hydrogen-bond acceptors (Lipinski definition) is 4. The maximum atomic E-state index is 12.1. The van der Waals surface area contributed by atoms with Crippen LogP contribution in [0.1, 0.15) is 78.6 Å². The molecule has 5 nitrogen and oxygen atoms in total. The van der Waals surface area contributed by atoms with Gasteiger partial charge < -0.3 is 10.1 Å². The summed E-state index contributed by atoms with van der Waals surface area (Å²) in [6.07, 6.45) is 9.41. The van der Waals surface area contributed by atoms with Crippen molar-refractivity contribution in [1.82, 2.24) is 10.6 Å². The Hall–Kier alpha value is -1.10. The van der Waals surface area contributed by atoms with Gasteiger partial charge in [-0.25, -0.2) is 0 Å². The molecular formula is C17H32N2O3. The van der Waals surface area contributed by atoms with Crippen molar-refractivity contribution in [3.8, 4) is 0 Å². The summed E-state index contributed by atoms with van der Waals surface area (Å²) in [7, 11) is 0. The summed E-state index contributed by atoms with van der Waals surface area (Å²) in [5, 5.41) is 5.78. The van der Waals surface area contributed by atoms with Crippen LogP contribution in [-0.2, 0) is 14.3 Å². The fourth-order valence-electron chi connectivity index (χ4n) is 2.61. The zero-order chi connectivity index (χ0) is 16.4. The summed E-state index contributed by atoms with van der Waals surface area (Å²) in [5.74, 6) is -0.221. The SMILES string of the molecule is CC1NCNC(=O)CCCCCCCCCC(C)(C)OC1=O. The van der Waals surface area contributed by atoms with Gasteiger partial charge in [0, 0.05) is 6.42 Å². The van der Waals surface area contributed by atoms with Crippen LogP contribution >= 0.6 is 0 Å². The number of ether oxygens (including phenoxy) is 1. The van der Waals surface area contributed by atoms with Gasteiger partial charge in [-0.1, -0.05) is 32.1 Å². The molecule has 22 heavy (non-hydrogen) atoms. The molecule has 1 amide bonds. The molecule has 1 fully saturated rings. The molecule has 1 aliphatic rings. The molecule has 0 aromatic rings. The molecular weight excluding hydrogens is 280 g/mol. The zero-order valence-electron chi connectivity index (χ0n) is 14.4. The van der Waals surface area contributed by atoms with Crippen molar-refractivity contribution in [3.05, 3.63) is 0 Å². The number of esters is 1. The van der Waals surface area contributed by atoms with Crippen molar-refractivity contribution in [2.24, 2.45) is 0 Å². The van der Waals surface area contributed by atoms with E-state index in [9.17, 15) is 9.59 Å². The molecule has 0 radical (unpaired) electrons. The van der Waals surface area contributed by atoms with Gasteiger partial charge in [0.2, 0.25) is 5.91 Å². The Balaban J connectivity index is 2.50. The molecule has 1 atom stereocenters. The molecule has 2 N–H and O–H groups in total. The minimum Gasteiger partial charge on any atom is -0.459 e. The van der Waals surface area contributed by atoms with E-state index in [-0.39, 0.29) is 11.9 Å². The molecule has 0 aromatic heterocycles. The highest BCUT2D eigenvalue weighted by atomic mass is 16.6.